The van der Waals surface area contributed by atoms with Gasteiger partial charge in [-0.05, 0) is 24.3 Å². The number of amidine groups is 1. The molecule has 0 fully saturated rings. The van der Waals surface area contributed by atoms with Crippen molar-refractivity contribution in [1.29, 1.82) is 0 Å². The number of hydrogen-bond acceptors (Lipinski definition) is 4. The smallest absolute Gasteiger partial charge is 0.409 e. The van der Waals surface area contributed by atoms with Crippen molar-refractivity contribution in [2.24, 2.45) is 4.99 Å². The molecule has 1 N–H and O–H groups in total. The minimum absolute atomic E-state index is 0.333. The highest BCUT2D eigenvalue weighted by molar-refractivity contribution is 6.32. The molecular formula is C14H12ClN3O2. The van der Waals surface area contributed by atoms with Crippen LogP contribution < -0.4 is 10.1 Å². The first kappa shape index (κ1) is 12.7. The van der Waals surface area contributed by atoms with Crippen LogP contribution in [0, 0.1) is 0 Å². The van der Waals surface area contributed by atoms with Gasteiger partial charge >= 0.3 is 6.09 Å². The van der Waals surface area contributed by atoms with E-state index in [-0.39, 0.29) is 0 Å². The molecule has 3 rings (SSSR count). The molecule has 0 aliphatic carbocycles. The molecule has 0 unspecified atom stereocenters. The summed E-state index contributed by atoms with van der Waals surface area (Å²) >= 11 is 6.12. The Kier molecular flexibility index (Phi) is 3.20. The molecule has 20 heavy (non-hydrogen) atoms. The lowest BCUT2D eigenvalue weighted by Crippen LogP contribution is -2.28. The van der Waals surface area contributed by atoms with Crippen molar-refractivity contribution in [2.75, 3.05) is 7.05 Å². The van der Waals surface area contributed by atoms with Gasteiger partial charge in [-0.25, -0.2) is 9.79 Å². The minimum atomic E-state index is -0.548. The molecule has 0 atom stereocenters. The lowest BCUT2D eigenvalue weighted by molar-refractivity contribution is 0.203. The topological polar surface area (TPSA) is 53.9 Å². The summed E-state index contributed by atoms with van der Waals surface area (Å²) in [4.78, 5) is 17.8. The number of carbonyl (C=O) groups is 1. The number of carbonyl (C=O) groups excluding carboxylic acids is 1. The zero-order valence-electron chi connectivity index (χ0n) is 10.8. The maximum atomic E-state index is 11.3. The normalized spacial score (nSPS) is 15.3. The van der Waals surface area contributed by atoms with Crippen LogP contribution in [0.25, 0.3) is 0 Å². The summed E-state index contributed by atoms with van der Waals surface area (Å²) in [6.45, 7) is 0.663. The molecule has 0 saturated heterocycles. The van der Waals surface area contributed by atoms with E-state index in [1.54, 1.807) is 12.1 Å². The van der Waals surface area contributed by atoms with Crippen molar-refractivity contribution in [3.63, 3.8) is 0 Å². The van der Waals surface area contributed by atoms with Crippen molar-refractivity contribution >= 4 is 29.2 Å². The second-order valence-electron chi connectivity index (χ2n) is 4.35. The molecule has 0 saturated carbocycles. The standard InChI is InChI=1S/C14H12ClN3O2/c1-16-14(19)20-12-6-9-8-18-5-3-2-4-13(18)17-11(9)7-10(12)15/h2-7H,8H2,1H3,(H,16,19). The van der Waals surface area contributed by atoms with E-state index in [1.807, 2.05) is 29.3 Å². The largest absolute Gasteiger partial charge is 0.412 e. The van der Waals surface area contributed by atoms with Gasteiger partial charge in [-0.15, -0.1) is 0 Å². The number of aliphatic imine (C=N–C) groups is 1. The van der Waals surface area contributed by atoms with Gasteiger partial charge in [0.2, 0.25) is 0 Å². The van der Waals surface area contributed by atoms with Gasteiger partial charge in [0.1, 0.15) is 5.84 Å². The van der Waals surface area contributed by atoms with Crippen molar-refractivity contribution < 1.29 is 9.53 Å². The van der Waals surface area contributed by atoms with Gasteiger partial charge in [-0.1, -0.05) is 17.7 Å². The molecule has 6 heteroatoms. The van der Waals surface area contributed by atoms with Gasteiger partial charge in [0.15, 0.2) is 5.75 Å². The predicted octanol–water partition coefficient (Wildman–Crippen LogP) is 2.99. The average molecular weight is 290 g/mol. The summed E-state index contributed by atoms with van der Waals surface area (Å²) in [7, 11) is 1.50. The van der Waals surface area contributed by atoms with E-state index in [9.17, 15) is 4.79 Å². The first-order chi connectivity index (χ1) is 9.67. The van der Waals surface area contributed by atoms with Crippen LogP contribution in [0.5, 0.6) is 5.75 Å². The zero-order chi connectivity index (χ0) is 14.1. The highest BCUT2D eigenvalue weighted by Crippen LogP contribution is 2.36. The Labute approximate surface area is 121 Å². The zero-order valence-corrected chi connectivity index (χ0v) is 11.5. The number of fused-ring (bicyclic) bond motifs is 2. The highest BCUT2D eigenvalue weighted by Gasteiger charge is 2.20. The number of allylic oxidation sites excluding steroid dienone is 2. The molecule has 1 amide bonds. The Morgan fingerprint density at radius 1 is 1.45 bits per heavy atom. The van der Waals surface area contributed by atoms with E-state index in [0.29, 0.717) is 17.3 Å². The lowest BCUT2D eigenvalue weighted by Gasteiger charge is -2.27. The quantitative estimate of drug-likeness (QED) is 0.865. The Bertz CT molecular complexity index is 665. The van der Waals surface area contributed by atoms with Crippen molar-refractivity contribution in [1.82, 2.24) is 10.2 Å². The van der Waals surface area contributed by atoms with Crippen LogP contribution in [0.15, 0.2) is 41.6 Å². The number of rotatable bonds is 1. The molecule has 0 radical (unpaired) electrons. The molecule has 102 valence electrons. The highest BCUT2D eigenvalue weighted by atomic mass is 35.5. The van der Waals surface area contributed by atoms with Gasteiger partial charge in [-0.2, -0.15) is 0 Å². The van der Waals surface area contributed by atoms with E-state index in [4.69, 9.17) is 16.3 Å². The number of ether oxygens (including phenoxy) is 1. The van der Waals surface area contributed by atoms with E-state index in [1.165, 1.54) is 7.05 Å². The fourth-order valence-electron chi connectivity index (χ4n) is 2.05. The molecule has 5 nitrogen and oxygen atoms in total. The van der Waals surface area contributed by atoms with Crippen molar-refractivity contribution in [3.05, 3.63) is 47.1 Å². The van der Waals surface area contributed by atoms with Gasteiger partial charge in [-0.3, -0.25) is 0 Å². The van der Waals surface area contributed by atoms with Crippen molar-refractivity contribution in [3.8, 4) is 5.75 Å². The second kappa shape index (κ2) is 5.02. The van der Waals surface area contributed by atoms with Gasteiger partial charge in [0.25, 0.3) is 0 Å². The summed E-state index contributed by atoms with van der Waals surface area (Å²) in [6.07, 6.45) is 7.22. The number of amides is 1. The monoisotopic (exact) mass is 289 g/mol. The molecule has 0 bridgehead atoms. The first-order valence-electron chi connectivity index (χ1n) is 6.09. The molecule has 1 aromatic carbocycles. The number of halogens is 1. The third kappa shape index (κ3) is 2.28. The van der Waals surface area contributed by atoms with Crippen LogP contribution in [0.3, 0.4) is 0 Å². The first-order valence-corrected chi connectivity index (χ1v) is 6.47. The third-order valence-electron chi connectivity index (χ3n) is 3.03. The Morgan fingerprint density at radius 3 is 3.10 bits per heavy atom. The molecule has 1 aromatic rings. The molecule has 0 aromatic heterocycles. The fraction of sp³-hybridized carbons (Fsp3) is 0.143. The van der Waals surface area contributed by atoms with E-state index in [2.05, 4.69) is 10.3 Å². The van der Waals surface area contributed by atoms with Crippen molar-refractivity contribution in [2.45, 2.75) is 6.54 Å². The van der Waals surface area contributed by atoms with E-state index in [0.717, 1.165) is 17.1 Å². The predicted molar refractivity (Wildman–Crippen MR) is 77.5 cm³/mol. The number of benzene rings is 1. The summed E-state index contributed by atoms with van der Waals surface area (Å²) in [5.74, 6) is 1.20. The van der Waals surface area contributed by atoms with Crippen LogP contribution >= 0.6 is 11.6 Å². The number of hydrogen-bond donors (Lipinski definition) is 1. The molecule has 2 aliphatic rings. The van der Waals surface area contributed by atoms with Crippen LogP contribution in [0.1, 0.15) is 5.56 Å². The summed E-state index contributed by atoms with van der Waals surface area (Å²) in [5, 5.41) is 2.75. The Morgan fingerprint density at radius 2 is 2.30 bits per heavy atom. The third-order valence-corrected chi connectivity index (χ3v) is 3.33. The van der Waals surface area contributed by atoms with E-state index < -0.39 is 6.09 Å². The maximum Gasteiger partial charge on any atom is 0.412 e. The van der Waals surface area contributed by atoms with E-state index >= 15 is 0 Å². The van der Waals surface area contributed by atoms with Gasteiger partial charge in [0.05, 0.1) is 17.3 Å². The summed E-state index contributed by atoms with van der Waals surface area (Å²) in [6, 6.07) is 3.46. The van der Waals surface area contributed by atoms with Gasteiger partial charge in [0, 0.05) is 18.8 Å². The second-order valence-corrected chi connectivity index (χ2v) is 4.76. The molecule has 2 heterocycles. The number of nitrogens with one attached hydrogen (secondary N) is 1. The molecular weight excluding hydrogens is 278 g/mol. The van der Waals surface area contributed by atoms with Gasteiger partial charge < -0.3 is 15.0 Å². The van der Waals surface area contributed by atoms with Crippen LogP contribution in [-0.4, -0.2) is 23.9 Å². The van der Waals surface area contributed by atoms with Crippen LogP contribution in [0.2, 0.25) is 5.02 Å². The van der Waals surface area contributed by atoms with Crippen LogP contribution in [0.4, 0.5) is 10.5 Å². The summed E-state index contributed by atoms with van der Waals surface area (Å²) in [5.41, 5.74) is 1.75. The summed E-state index contributed by atoms with van der Waals surface area (Å²) < 4.78 is 5.12. The van der Waals surface area contributed by atoms with Crippen LogP contribution in [-0.2, 0) is 6.54 Å². The maximum absolute atomic E-state index is 11.3. The number of nitrogens with zero attached hydrogens (tertiary/aromatic N) is 2. The Hall–Kier alpha value is -2.27. The minimum Gasteiger partial charge on any atom is -0.409 e. The SMILES string of the molecule is CNC(=O)Oc1cc2c(cc1Cl)N=C1C=CC=CN1C2. The molecule has 2 aliphatic heterocycles. The average Bonchev–Trinajstić information content (AvgIpc) is 2.46. The molecule has 0 spiro atoms. The fourth-order valence-corrected chi connectivity index (χ4v) is 2.25. The lowest BCUT2D eigenvalue weighted by atomic mass is 10.1. The Balaban J connectivity index is 1.98.